The molecule has 2 rings (SSSR count). The number of para-hydroxylation sites is 1. The van der Waals surface area contributed by atoms with Crippen LogP contribution < -0.4 is 5.32 Å². The minimum Gasteiger partial charge on any atom is -0.321 e. The van der Waals surface area contributed by atoms with Crippen LogP contribution in [0.15, 0.2) is 30.3 Å². The van der Waals surface area contributed by atoms with Crippen molar-refractivity contribution < 1.29 is 13.6 Å². The molecule has 0 fully saturated rings. The molecule has 0 saturated carbocycles. The quantitative estimate of drug-likeness (QED) is 0.815. The van der Waals surface area contributed by atoms with Crippen molar-refractivity contribution >= 4 is 23.2 Å². The Bertz CT molecular complexity index is 701. The largest absolute Gasteiger partial charge is 0.321 e. The van der Waals surface area contributed by atoms with E-state index in [4.69, 9.17) is 11.6 Å². The van der Waals surface area contributed by atoms with Gasteiger partial charge in [-0.2, -0.15) is 0 Å². The van der Waals surface area contributed by atoms with E-state index in [1.54, 1.807) is 0 Å². The lowest BCUT2D eigenvalue weighted by Gasteiger charge is -2.13. The third kappa shape index (κ3) is 3.22. The number of rotatable bonds is 3. The van der Waals surface area contributed by atoms with Crippen molar-refractivity contribution in [1.82, 2.24) is 0 Å². The number of anilines is 1. The van der Waals surface area contributed by atoms with Gasteiger partial charge in [0, 0.05) is 5.69 Å². The zero-order valence-corrected chi connectivity index (χ0v) is 12.4. The third-order valence-corrected chi connectivity index (χ3v) is 3.55. The Labute approximate surface area is 126 Å². The molecule has 0 heterocycles. The summed E-state index contributed by atoms with van der Waals surface area (Å²) in [6.45, 7) is 3.83. The van der Waals surface area contributed by atoms with Crippen LogP contribution >= 0.6 is 11.6 Å². The predicted octanol–water partition coefficient (Wildman–Crippen LogP) is 4.74. The van der Waals surface area contributed by atoms with Crippen LogP contribution in [0, 0.1) is 18.6 Å². The number of carbonyl (C=O) groups is 1. The molecule has 21 heavy (non-hydrogen) atoms. The van der Waals surface area contributed by atoms with E-state index in [-0.39, 0.29) is 10.6 Å². The van der Waals surface area contributed by atoms with Gasteiger partial charge in [-0.05, 0) is 36.6 Å². The number of hydrogen-bond acceptors (Lipinski definition) is 1. The summed E-state index contributed by atoms with van der Waals surface area (Å²) in [7, 11) is 0. The van der Waals surface area contributed by atoms with E-state index >= 15 is 0 Å². The van der Waals surface area contributed by atoms with Crippen LogP contribution in [0.1, 0.15) is 28.4 Å². The lowest BCUT2D eigenvalue weighted by atomic mass is 10.1. The summed E-state index contributed by atoms with van der Waals surface area (Å²) in [5.74, 6) is -2.75. The molecule has 0 aliphatic heterocycles. The molecule has 1 amide bonds. The molecule has 0 spiro atoms. The van der Waals surface area contributed by atoms with Crippen molar-refractivity contribution in [3.05, 3.63) is 63.7 Å². The van der Waals surface area contributed by atoms with Crippen LogP contribution in [0.4, 0.5) is 14.5 Å². The van der Waals surface area contributed by atoms with E-state index in [9.17, 15) is 13.6 Å². The zero-order valence-electron chi connectivity index (χ0n) is 11.6. The van der Waals surface area contributed by atoms with E-state index in [1.807, 2.05) is 32.0 Å². The molecule has 0 radical (unpaired) electrons. The number of hydrogen-bond donors (Lipinski definition) is 1. The molecule has 0 saturated heterocycles. The SMILES string of the molecule is CCc1cccc(C)c1NC(=O)c1cc(F)c(F)cc1Cl. The third-order valence-electron chi connectivity index (χ3n) is 3.23. The number of carbonyl (C=O) groups excluding carboxylic acids is 1. The normalized spacial score (nSPS) is 10.5. The number of benzene rings is 2. The average molecular weight is 310 g/mol. The predicted molar refractivity (Wildman–Crippen MR) is 79.9 cm³/mol. The molecule has 5 heteroatoms. The lowest BCUT2D eigenvalue weighted by Crippen LogP contribution is -2.15. The van der Waals surface area contributed by atoms with Crippen molar-refractivity contribution in [1.29, 1.82) is 0 Å². The van der Waals surface area contributed by atoms with Crippen LogP contribution in [0.2, 0.25) is 5.02 Å². The summed E-state index contributed by atoms with van der Waals surface area (Å²) in [4.78, 5) is 12.2. The second-order valence-electron chi connectivity index (χ2n) is 4.66. The second kappa shape index (κ2) is 6.22. The van der Waals surface area contributed by atoms with E-state index < -0.39 is 17.5 Å². The van der Waals surface area contributed by atoms with Crippen LogP contribution in [-0.4, -0.2) is 5.91 Å². The molecular formula is C16H14ClF2NO. The van der Waals surface area contributed by atoms with Gasteiger partial charge in [0.15, 0.2) is 11.6 Å². The van der Waals surface area contributed by atoms with Gasteiger partial charge in [-0.15, -0.1) is 0 Å². The van der Waals surface area contributed by atoms with Crippen LogP contribution in [0.25, 0.3) is 0 Å². The fourth-order valence-corrected chi connectivity index (χ4v) is 2.32. The summed E-state index contributed by atoms with van der Waals surface area (Å²) in [5.41, 5.74) is 2.43. The van der Waals surface area contributed by atoms with Gasteiger partial charge in [0.25, 0.3) is 5.91 Å². The molecule has 110 valence electrons. The molecule has 0 unspecified atom stereocenters. The van der Waals surface area contributed by atoms with Crippen LogP contribution in [0.5, 0.6) is 0 Å². The van der Waals surface area contributed by atoms with Crippen LogP contribution in [0.3, 0.4) is 0 Å². The first kappa shape index (κ1) is 15.4. The second-order valence-corrected chi connectivity index (χ2v) is 5.07. The monoisotopic (exact) mass is 309 g/mol. The first-order valence-electron chi connectivity index (χ1n) is 6.48. The Morgan fingerprint density at radius 3 is 2.57 bits per heavy atom. The Kier molecular flexibility index (Phi) is 4.58. The average Bonchev–Trinajstić information content (AvgIpc) is 2.44. The molecule has 2 aromatic rings. The number of amides is 1. The molecule has 2 aromatic carbocycles. The van der Waals surface area contributed by atoms with Gasteiger partial charge in [0.2, 0.25) is 0 Å². The fraction of sp³-hybridized carbons (Fsp3) is 0.188. The molecule has 0 aromatic heterocycles. The highest BCUT2D eigenvalue weighted by molar-refractivity contribution is 6.34. The van der Waals surface area contributed by atoms with Crippen molar-refractivity contribution in [2.24, 2.45) is 0 Å². The van der Waals surface area contributed by atoms with Crippen molar-refractivity contribution in [3.63, 3.8) is 0 Å². The van der Waals surface area contributed by atoms with Gasteiger partial charge in [0.1, 0.15) is 0 Å². The van der Waals surface area contributed by atoms with E-state index in [0.29, 0.717) is 5.69 Å². The number of nitrogens with one attached hydrogen (secondary N) is 1. The smallest absolute Gasteiger partial charge is 0.257 e. The highest BCUT2D eigenvalue weighted by atomic mass is 35.5. The van der Waals surface area contributed by atoms with E-state index in [1.165, 1.54) is 0 Å². The molecule has 0 bridgehead atoms. The molecule has 0 aliphatic rings. The first-order valence-corrected chi connectivity index (χ1v) is 6.86. The lowest BCUT2D eigenvalue weighted by molar-refractivity contribution is 0.102. The molecule has 0 aliphatic carbocycles. The first-order chi connectivity index (χ1) is 9.93. The minimum atomic E-state index is -1.11. The number of aryl methyl sites for hydroxylation is 2. The van der Waals surface area contributed by atoms with Gasteiger partial charge in [-0.25, -0.2) is 8.78 Å². The Morgan fingerprint density at radius 1 is 1.24 bits per heavy atom. The fourth-order valence-electron chi connectivity index (χ4n) is 2.08. The summed E-state index contributed by atoms with van der Waals surface area (Å²) in [6, 6.07) is 7.26. The van der Waals surface area contributed by atoms with Crippen LogP contribution in [-0.2, 0) is 6.42 Å². The maximum absolute atomic E-state index is 13.3. The minimum absolute atomic E-state index is 0.0964. The maximum Gasteiger partial charge on any atom is 0.257 e. The topological polar surface area (TPSA) is 29.1 Å². The summed E-state index contributed by atoms with van der Waals surface area (Å²) < 4.78 is 26.3. The summed E-state index contributed by atoms with van der Waals surface area (Å²) in [5, 5.41) is 2.59. The summed E-state index contributed by atoms with van der Waals surface area (Å²) >= 11 is 5.81. The number of halogens is 3. The maximum atomic E-state index is 13.3. The standard InChI is InChI=1S/C16H14ClF2NO/c1-3-10-6-4-5-9(2)15(10)20-16(21)11-7-13(18)14(19)8-12(11)17/h4-8H,3H2,1-2H3,(H,20,21). The zero-order chi connectivity index (χ0) is 15.6. The van der Waals surface area contributed by atoms with Gasteiger partial charge in [0.05, 0.1) is 10.6 Å². The molecule has 2 nitrogen and oxygen atoms in total. The molecular weight excluding hydrogens is 296 g/mol. The van der Waals surface area contributed by atoms with Gasteiger partial charge < -0.3 is 5.32 Å². The molecule has 0 atom stereocenters. The van der Waals surface area contributed by atoms with E-state index in [0.717, 1.165) is 29.7 Å². The van der Waals surface area contributed by atoms with Gasteiger partial charge in [-0.1, -0.05) is 36.7 Å². The van der Waals surface area contributed by atoms with Gasteiger partial charge >= 0.3 is 0 Å². The van der Waals surface area contributed by atoms with Gasteiger partial charge in [-0.3, -0.25) is 4.79 Å². The van der Waals surface area contributed by atoms with Crippen molar-refractivity contribution in [2.75, 3.05) is 5.32 Å². The summed E-state index contributed by atoms with van der Waals surface area (Å²) in [6.07, 6.45) is 0.739. The highest BCUT2D eigenvalue weighted by Crippen LogP contribution is 2.25. The van der Waals surface area contributed by atoms with Crippen molar-refractivity contribution in [2.45, 2.75) is 20.3 Å². The highest BCUT2D eigenvalue weighted by Gasteiger charge is 2.16. The molecule has 1 N–H and O–H groups in total. The Morgan fingerprint density at radius 2 is 1.90 bits per heavy atom. The van der Waals surface area contributed by atoms with E-state index in [2.05, 4.69) is 5.32 Å². The Hall–Kier alpha value is -1.94. The van der Waals surface area contributed by atoms with Crippen molar-refractivity contribution in [3.8, 4) is 0 Å². The Balaban J connectivity index is 2.37.